The lowest BCUT2D eigenvalue weighted by Gasteiger charge is -2.34. The Bertz CT molecular complexity index is 1160. The van der Waals surface area contributed by atoms with Gasteiger partial charge in [0.05, 0.1) is 4.90 Å². The van der Waals surface area contributed by atoms with Gasteiger partial charge in [-0.3, -0.25) is 0 Å². The zero-order valence-corrected chi connectivity index (χ0v) is 18.7. The van der Waals surface area contributed by atoms with E-state index >= 15 is 0 Å². The summed E-state index contributed by atoms with van der Waals surface area (Å²) in [4.78, 5) is 6.73. The minimum absolute atomic E-state index is 0.381. The number of piperazine rings is 1. The van der Waals surface area contributed by atoms with Crippen LogP contribution in [0.3, 0.4) is 0 Å². The van der Waals surface area contributed by atoms with Gasteiger partial charge in [0.15, 0.2) is 11.6 Å². The molecule has 162 valence electrons. The first kappa shape index (κ1) is 21.2. The molecule has 1 saturated heterocycles. The van der Waals surface area contributed by atoms with Crippen LogP contribution in [0.2, 0.25) is 0 Å². The van der Waals surface area contributed by atoms with E-state index < -0.39 is 10.0 Å². The molecule has 3 heterocycles. The van der Waals surface area contributed by atoms with Gasteiger partial charge < -0.3 is 10.2 Å². The zero-order valence-electron chi connectivity index (χ0n) is 17.9. The second kappa shape index (κ2) is 8.60. The Hall–Kier alpha value is -3.04. The molecule has 1 fully saturated rings. The standard InChI is InChI=1S/C22H26N6O2S/c1-16-4-6-19(18(3)14-16)31(29,30)28-12-10-27(11-13-28)22-9-8-21(25-26-22)24-20-7-5-17(2)15-23-20/h4-9,14-15H,10-13H2,1-3H3,(H,23,24,25). The fourth-order valence-corrected chi connectivity index (χ4v) is 5.25. The van der Waals surface area contributed by atoms with Crippen LogP contribution < -0.4 is 10.2 Å². The molecular weight excluding hydrogens is 412 g/mol. The number of nitrogens with zero attached hydrogens (tertiary/aromatic N) is 5. The molecule has 3 aromatic rings. The third-order valence-corrected chi connectivity index (χ3v) is 7.39. The SMILES string of the molecule is Cc1ccc(Nc2ccc(N3CCN(S(=O)(=O)c4ccc(C)cc4C)CC3)nn2)nc1. The molecule has 0 radical (unpaired) electrons. The molecule has 8 nitrogen and oxygen atoms in total. The van der Waals surface area contributed by atoms with Crippen LogP contribution in [0.25, 0.3) is 0 Å². The van der Waals surface area contributed by atoms with Crippen LogP contribution in [0.4, 0.5) is 17.5 Å². The van der Waals surface area contributed by atoms with Gasteiger partial charge in [0.25, 0.3) is 0 Å². The van der Waals surface area contributed by atoms with Gasteiger partial charge in [-0.05, 0) is 56.2 Å². The second-order valence-electron chi connectivity index (χ2n) is 7.78. The normalized spacial score (nSPS) is 15.1. The van der Waals surface area contributed by atoms with Gasteiger partial charge in [-0.1, -0.05) is 23.8 Å². The molecule has 0 unspecified atom stereocenters. The van der Waals surface area contributed by atoms with Crippen LogP contribution in [-0.4, -0.2) is 54.1 Å². The van der Waals surface area contributed by atoms with Gasteiger partial charge >= 0.3 is 0 Å². The molecule has 0 atom stereocenters. The maximum Gasteiger partial charge on any atom is 0.243 e. The van der Waals surface area contributed by atoms with Gasteiger partial charge in [0.1, 0.15) is 5.82 Å². The number of anilines is 3. The van der Waals surface area contributed by atoms with E-state index in [0.29, 0.717) is 42.7 Å². The van der Waals surface area contributed by atoms with E-state index in [2.05, 4.69) is 25.4 Å². The quantitative estimate of drug-likeness (QED) is 0.655. The third kappa shape index (κ3) is 4.67. The number of sulfonamides is 1. The van der Waals surface area contributed by atoms with Crippen molar-refractivity contribution in [2.24, 2.45) is 0 Å². The van der Waals surface area contributed by atoms with Crippen molar-refractivity contribution in [3.63, 3.8) is 0 Å². The third-order valence-electron chi connectivity index (χ3n) is 5.33. The lowest BCUT2D eigenvalue weighted by molar-refractivity contribution is 0.383. The Morgan fingerprint density at radius 2 is 1.55 bits per heavy atom. The molecule has 1 N–H and O–H groups in total. The van der Waals surface area contributed by atoms with E-state index in [4.69, 9.17) is 0 Å². The molecule has 0 spiro atoms. The molecule has 9 heteroatoms. The van der Waals surface area contributed by atoms with Crippen LogP contribution in [0.1, 0.15) is 16.7 Å². The summed E-state index contributed by atoms with van der Waals surface area (Å²) >= 11 is 0. The Morgan fingerprint density at radius 1 is 0.839 bits per heavy atom. The van der Waals surface area contributed by atoms with Gasteiger partial charge in [0.2, 0.25) is 10.0 Å². The maximum absolute atomic E-state index is 13.1. The summed E-state index contributed by atoms with van der Waals surface area (Å²) in [5.41, 5.74) is 2.92. The van der Waals surface area contributed by atoms with Crippen LogP contribution in [0.5, 0.6) is 0 Å². The maximum atomic E-state index is 13.1. The monoisotopic (exact) mass is 438 g/mol. The Labute approximate surface area is 183 Å². The van der Waals surface area contributed by atoms with Crippen LogP contribution in [0.15, 0.2) is 53.6 Å². The van der Waals surface area contributed by atoms with E-state index in [0.717, 1.165) is 22.5 Å². The summed E-state index contributed by atoms with van der Waals surface area (Å²) in [5, 5.41) is 11.7. The molecular formula is C22H26N6O2S. The van der Waals surface area contributed by atoms with E-state index in [1.165, 1.54) is 0 Å². The molecule has 2 aromatic heterocycles. The predicted molar refractivity (Wildman–Crippen MR) is 121 cm³/mol. The summed E-state index contributed by atoms with van der Waals surface area (Å²) in [6.07, 6.45) is 1.79. The largest absolute Gasteiger partial charge is 0.352 e. The average Bonchev–Trinajstić information content (AvgIpc) is 2.76. The van der Waals surface area contributed by atoms with Crippen molar-refractivity contribution in [2.45, 2.75) is 25.7 Å². The summed E-state index contributed by atoms with van der Waals surface area (Å²) in [6, 6.07) is 13.0. The number of pyridine rings is 1. The molecule has 1 aromatic carbocycles. The minimum atomic E-state index is -3.51. The summed E-state index contributed by atoms with van der Waals surface area (Å²) in [7, 11) is -3.51. The highest BCUT2D eigenvalue weighted by Gasteiger charge is 2.30. The number of hydrogen-bond donors (Lipinski definition) is 1. The first-order chi connectivity index (χ1) is 14.8. The number of benzene rings is 1. The summed E-state index contributed by atoms with van der Waals surface area (Å²) in [6.45, 7) is 7.72. The molecule has 0 amide bonds. The van der Waals surface area contributed by atoms with E-state index in [9.17, 15) is 8.42 Å². The Kier molecular flexibility index (Phi) is 5.88. The first-order valence-electron chi connectivity index (χ1n) is 10.2. The average molecular weight is 439 g/mol. The molecule has 4 rings (SSSR count). The highest BCUT2D eigenvalue weighted by Crippen LogP contribution is 2.23. The molecule has 31 heavy (non-hydrogen) atoms. The zero-order chi connectivity index (χ0) is 22.0. The van der Waals surface area contributed by atoms with Crippen LogP contribution in [0, 0.1) is 20.8 Å². The number of hydrogen-bond acceptors (Lipinski definition) is 7. The van der Waals surface area contributed by atoms with Gasteiger partial charge in [-0.15, -0.1) is 10.2 Å². The summed E-state index contributed by atoms with van der Waals surface area (Å²) < 4.78 is 27.7. The topological polar surface area (TPSA) is 91.3 Å². The number of nitrogens with one attached hydrogen (secondary N) is 1. The predicted octanol–water partition coefficient (Wildman–Crippen LogP) is 3.05. The van der Waals surface area contributed by atoms with Crippen molar-refractivity contribution in [1.29, 1.82) is 0 Å². The van der Waals surface area contributed by atoms with Gasteiger partial charge in [-0.2, -0.15) is 4.31 Å². The molecule has 1 aliphatic heterocycles. The summed E-state index contributed by atoms with van der Waals surface area (Å²) in [5.74, 6) is 2.04. The van der Waals surface area contributed by atoms with E-state index in [1.807, 2.05) is 57.2 Å². The number of aromatic nitrogens is 3. The molecule has 0 bridgehead atoms. The lowest BCUT2D eigenvalue weighted by Crippen LogP contribution is -2.49. The van der Waals surface area contributed by atoms with E-state index in [-0.39, 0.29) is 0 Å². The second-order valence-corrected chi connectivity index (χ2v) is 9.69. The van der Waals surface area contributed by atoms with Gasteiger partial charge in [-0.25, -0.2) is 13.4 Å². The van der Waals surface area contributed by atoms with E-state index in [1.54, 1.807) is 16.6 Å². The van der Waals surface area contributed by atoms with Crippen LogP contribution in [-0.2, 0) is 10.0 Å². The molecule has 1 aliphatic rings. The fourth-order valence-electron chi connectivity index (χ4n) is 3.62. The van der Waals surface area contributed by atoms with Crippen molar-refractivity contribution < 1.29 is 8.42 Å². The highest BCUT2D eigenvalue weighted by molar-refractivity contribution is 7.89. The molecule has 0 saturated carbocycles. The lowest BCUT2D eigenvalue weighted by atomic mass is 10.2. The Balaban J connectivity index is 1.39. The van der Waals surface area contributed by atoms with Gasteiger partial charge in [0, 0.05) is 32.4 Å². The number of aryl methyl sites for hydroxylation is 3. The first-order valence-corrected chi connectivity index (χ1v) is 11.6. The van der Waals surface area contributed by atoms with Crippen molar-refractivity contribution in [2.75, 3.05) is 36.4 Å². The van der Waals surface area contributed by atoms with Crippen LogP contribution >= 0.6 is 0 Å². The van der Waals surface area contributed by atoms with Crippen molar-refractivity contribution >= 4 is 27.5 Å². The number of rotatable bonds is 5. The molecule has 0 aliphatic carbocycles. The highest BCUT2D eigenvalue weighted by atomic mass is 32.2. The minimum Gasteiger partial charge on any atom is -0.352 e. The van der Waals surface area contributed by atoms with Crippen molar-refractivity contribution in [3.05, 3.63) is 65.4 Å². The smallest absolute Gasteiger partial charge is 0.243 e. The fraction of sp³-hybridized carbons (Fsp3) is 0.318. The van der Waals surface area contributed by atoms with Crippen molar-refractivity contribution in [3.8, 4) is 0 Å². The van der Waals surface area contributed by atoms with Crippen molar-refractivity contribution in [1.82, 2.24) is 19.5 Å². The Morgan fingerprint density at radius 3 is 2.16 bits per heavy atom.